The fraction of sp³-hybridized carbons (Fsp3) is 0.733. The standard InChI is InChI=1S/C15H28N2O/c1-12(2)6-7-17(5)10-15-8-14(11-18-15)9-16-13(3)4/h8,11-13,16H,6-7,9-10H2,1-5H3. The molecule has 1 aromatic heterocycles. The van der Waals surface area contributed by atoms with Gasteiger partial charge in [-0.25, -0.2) is 0 Å². The van der Waals surface area contributed by atoms with Crippen molar-refractivity contribution in [1.29, 1.82) is 0 Å². The van der Waals surface area contributed by atoms with Gasteiger partial charge in [0.2, 0.25) is 0 Å². The third-order valence-corrected chi connectivity index (χ3v) is 2.94. The molecular weight excluding hydrogens is 224 g/mol. The number of hydrogen-bond acceptors (Lipinski definition) is 3. The predicted octanol–water partition coefficient (Wildman–Crippen LogP) is 3.26. The largest absolute Gasteiger partial charge is 0.468 e. The summed E-state index contributed by atoms with van der Waals surface area (Å²) in [5.41, 5.74) is 1.23. The molecule has 1 N–H and O–H groups in total. The molecule has 0 aliphatic carbocycles. The van der Waals surface area contributed by atoms with Crippen LogP contribution in [0.4, 0.5) is 0 Å². The van der Waals surface area contributed by atoms with Crippen molar-refractivity contribution in [1.82, 2.24) is 10.2 Å². The summed E-state index contributed by atoms with van der Waals surface area (Å²) in [5.74, 6) is 1.82. The minimum Gasteiger partial charge on any atom is -0.468 e. The van der Waals surface area contributed by atoms with Gasteiger partial charge in [0, 0.05) is 18.2 Å². The van der Waals surface area contributed by atoms with Crippen molar-refractivity contribution in [2.45, 2.75) is 53.2 Å². The number of nitrogens with one attached hydrogen (secondary N) is 1. The van der Waals surface area contributed by atoms with Crippen LogP contribution in [0.5, 0.6) is 0 Å². The minimum atomic E-state index is 0.511. The topological polar surface area (TPSA) is 28.4 Å². The number of rotatable bonds is 8. The highest BCUT2D eigenvalue weighted by molar-refractivity contribution is 5.12. The van der Waals surface area contributed by atoms with Crippen molar-refractivity contribution in [3.05, 3.63) is 23.7 Å². The molecular formula is C15H28N2O. The van der Waals surface area contributed by atoms with Gasteiger partial charge < -0.3 is 9.73 Å². The molecule has 0 aliphatic rings. The Bertz CT molecular complexity index is 331. The van der Waals surface area contributed by atoms with E-state index in [2.05, 4.69) is 51.0 Å². The lowest BCUT2D eigenvalue weighted by Crippen LogP contribution is -2.21. The van der Waals surface area contributed by atoms with E-state index >= 15 is 0 Å². The van der Waals surface area contributed by atoms with Crippen LogP contribution < -0.4 is 5.32 Å². The van der Waals surface area contributed by atoms with Gasteiger partial charge in [0.25, 0.3) is 0 Å². The molecule has 0 aromatic carbocycles. The minimum absolute atomic E-state index is 0.511. The van der Waals surface area contributed by atoms with Crippen molar-refractivity contribution in [2.24, 2.45) is 5.92 Å². The average Bonchev–Trinajstić information content (AvgIpc) is 2.71. The third-order valence-electron chi connectivity index (χ3n) is 2.94. The fourth-order valence-corrected chi connectivity index (χ4v) is 1.75. The van der Waals surface area contributed by atoms with Gasteiger partial charge >= 0.3 is 0 Å². The number of furan rings is 1. The summed E-state index contributed by atoms with van der Waals surface area (Å²) in [7, 11) is 2.15. The zero-order valence-corrected chi connectivity index (χ0v) is 12.5. The average molecular weight is 252 g/mol. The first-order valence-electron chi connectivity index (χ1n) is 6.95. The van der Waals surface area contributed by atoms with Crippen LogP contribution in [-0.4, -0.2) is 24.5 Å². The van der Waals surface area contributed by atoms with Crippen molar-refractivity contribution in [2.75, 3.05) is 13.6 Å². The van der Waals surface area contributed by atoms with Gasteiger partial charge in [-0.15, -0.1) is 0 Å². The molecule has 0 unspecified atom stereocenters. The summed E-state index contributed by atoms with van der Waals surface area (Å²) in [6, 6.07) is 2.67. The van der Waals surface area contributed by atoms with Crippen LogP contribution in [-0.2, 0) is 13.1 Å². The van der Waals surface area contributed by atoms with Crippen molar-refractivity contribution < 1.29 is 4.42 Å². The Balaban J connectivity index is 2.34. The van der Waals surface area contributed by atoms with E-state index in [1.54, 1.807) is 0 Å². The van der Waals surface area contributed by atoms with Crippen LogP contribution in [0.2, 0.25) is 0 Å². The van der Waals surface area contributed by atoms with Gasteiger partial charge in [-0.3, -0.25) is 4.90 Å². The molecule has 18 heavy (non-hydrogen) atoms. The van der Waals surface area contributed by atoms with Crippen molar-refractivity contribution in [3.63, 3.8) is 0 Å². The Morgan fingerprint density at radius 3 is 2.61 bits per heavy atom. The lowest BCUT2D eigenvalue weighted by Gasteiger charge is -2.16. The Morgan fingerprint density at radius 2 is 2.00 bits per heavy atom. The zero-order valence-electron chi connectivity index (χ0n) is 12.5. The predicted molar refractivity (Wildman–Crippen MR) is 76.5 cm³/mol. The SMILES string of the molecule is CC(C)CCN(C)Cc1cc(CNC(C)C)co1. The summed E-state index contributed by atoms with van der Waals surface area (Å²) in [4.78, 5) is 2.32. The summed E-state index contributed by atoms with van der Waals surface area (Å²) in [5, 5.41) is 3.39. The number of hydrogen-bond donors (Lipinski definition) is 1. The van der Waals surface area contributed by atoms with Crippen LogP contribution >= 0.6 is 0 Å². The van der Waals surface area contributed by atoms with Crippen LogP contribution in [0.1, 0.15) is 45.4 Å². The van der Waals surface area contributed by atoms with E-state index in [1.807, 2.05) is 6.26 Å². The summed E-state index contributed by atoms with van der Waals surface area (Å²) in [6.07, 6.45) is 3.10. The summed E-state index contributed by atoms with van der Waals surface area (Å²) >= 11 is 0. The van der Waals surface area contributed by atoms with Gasteiger partial charge in [0.15, 0.2) is 0 Å². The summed E-state index contributed by atoms with van der Waals surface area (Å²) in [6.45, 7) is 11.7. The number of nitrogens with zero attached hydrogens (tertiary/aromatic N) is 1. The van der Waals surface area contributed by atoms with Gasteiger partial charge in [0.1, 0.15) is 5.76 Å². The van der Waals surface area contributed by atoms with Crippen LogP contribution in [0.3, 0.4) is 0 Å². The molecule has 0 amide bonds. The van der Waals surface area contributed by atoms with E-state index in [0.717, 1.165) is 31.3 Å². The van der Waals surface area contributed by atoms with E-state index in [9.17, 15) is 0 Å². The smallest absolute Gasteiger partial charge is 0.118 e. The van der Waals surface area contributed by atoms with Gasteiger partial charge in [-0.2, -0.15) is 0 Å². The molecule has 0 spiro atoms. The molecule has 0 saturated carbocycles. The molecule has 3 nitrogen and oxygen atoms in total. The first-order valence-corrected chi connectivity index (χ1v) is 6.95. The molecule has 0 bridgehead atoms. The maximum atomic E-state index is 5.59. The highest BCUT2D eigenvalue weighted by Crippen LogP contribution is 2.11. The zero-order chi connectivity index (χ0) is 13.5. The van der Waals surface area contributed by atoms with Crippen molar-refractivity contribution in [3.8, 4) is 0 Å². The van der Waals surface area contributed by atoms with E-state index in [4.69, 9.17) is 4.42 Å². The van der Waals surface area contributed by atoms with Gasteiger partial charge in [-0.1, -0.05) is 27.7 Å². The Labute approximate surface area is 112 Å². The second-order valence-corrected chi connectivity index (χ2v) is 5.88. The molecule has 0 saturated heterocycles. The molecule has 0 aliphatic heterocycles. The van der Waals surface area contributed by atoms with Gasteiger partial charge in [-0.05, 0) is 32.0 Å². The van der Waals surface area contributed by atoms with E-state index in [0.29, 0.717) is 6.04 Å². The van der Waals surface area contributed by atoms with E-state index in [1.165, 1.54) is 12.0 Å². The highest BCUT2D eigenvalue weighted by atomic mass is 16.3. The second kappa shape index (κ2) is 7.59. The molecule has 1 rings (SSSR count). The normalized spacial score (nSPS) is 12.0. The van der Waals surface area contributed by atoms with E-state index < -0.39 is 0 Å². The van der Waals surface area contributed by atoms with Crippen molar-refractivity contribution >= 4 is 0 Å². The highest BCUT2D eigenvalue weighted by Gasteiger charge is 2.06. The fourth-order valence-electron chi connectivity index (χ4n) is 1.75. The Hall–Kier alpha value is -0.800. The third kappa shape index (κ3) is 6.22. The Kier molecular flexibility index (Phi) is 6.44. The first kappa shape index (κ1) is 15.3. The molecule has 0 fully saturated rings. The maximum Gasteiger partial charge on any atom is 0.118 e. The molecule has 0 atom stereocenters. The Morgan fingerprint density at radius 1 is 1.28 bits per heavy atom. The molecule has 1 aromatic rings. The summed E-state index contributed by atoms with van der Waals surface area (Å²) < 4.78 is 5.59. The second-order valence-electron chi connectivity index (χ2n) is 5.88. The maximum absolute atomic E-state index is 5.59. The van der Waals surface area contributed by atoms with Gasteiger partial charge in [0.05, 0.1) is 12.8 Å². The monoisotopic (exact) mass is 252 g/mol. The lowest BCUT2D eigenvalue weighted by molar-refractivity contribution is 0.278. The quantitative estimate of drug-likeness (QED) is 0.770. The molecule has 3 heteroatoms. The van der Waals surface area contributed by atoms with E-state index in [-0.39, 0.29) is 0 Å². The first-order chi connectivity index (χ1) is 8.47. The van der Waals surface area contributed by atoms with Crippen LogP contribution in [0.25, 0.3) is 0 Å². The molecule has 1 heterocycles. The molecule has 104 valence electrons. The van der Waals surface area contributed by atoms with Crippen LogP contribution in [0.15, 0.2) is 16.7 Å². The lowest BCUT2D eigenvalue weighted by atomic mass is 10.1. The van der Waals surface area contributed by atoms with Crippen LogP contribution in [0, 0.1) is 5.92 Å². The molecule has 0 radical (unpaired) electrons.